The van der Waals surface area contributed by atoms with Gasteiger partial charge in [-0.3, -0.25) is 0 Å². The van der Waals surface area contributed by atoms with Gasteiger partial charge in [-0.25, -0.2) is 19.2 Å². The van der Waals surface area contributed by atoms with Crippen LogP contribution in [-0.2, 0) is 28.7 Å². The number of aliphatic hydroxyl groups is 4. The first kappa shape index (κ1) is 22.7. The van der Waals surface area contributed by atoms with Gasteiger partial charge < -0.3 is 40.1 Å². The molecule has 0 saturated carbocycles. The zero-order valence-electron chi connectivity index (χ0n) is 13.1. The van der Waals surface area contributed by atoms with Crippen molar-refractivity contribution in [3.8, 4) is 0 Å². The van der Waals surface area contributed by atoms with Crippen LogP contribution in [0.5, 0.6) is 0 Å². The summed E-state index contributed by atoms with van der Waals surface area (Å²) in [6.07, 6.45) is -10.2. The third-order valence-electron chi connectivity index (χ3n) is 3.01. The van der Waals surface area contributed by atoms with E-state index in [4.69, 9.17) is 25.2 Å². The van der Waals surface area contributed by atoms with E-state index in [2.05, 4.69) is 4.74 Å². The Labute approximate surface area is 141 Å². The normalized spacial score (nSPS) is 16.8. The Morgan fingerprint density at radius 3 is 1.64 bits per heavy atom. The molecule has 0 radical (unpaired) electrons. The lowest BCUT2D eigenvalue weighted by molar-refractivity contribution is -0.175. The third-order valence-corrected chi connectivity index (χ3v) is 3.01. The maximum Gasteiger partial charge on any atom is 0.338 e. The SMILES string of the molecule is CCC(CCOC(=O)C(O)C(O)C(=O)O)OC(=O)C(O)C(O)C(=O)O. The maximum atomic E-state index is 11.5. The van der Waals surface area contributed by atoms with Gasteiger partial charge in [0, 0.05) is 6.42 Å². The highest BCUT2D eigenvalue weighted by atomic mass is 16.6. The standard InChI is InChI=1S/C13H20O12/c1-2-5(25-13(23)9(17)7(15)11(20)21)3-4-24-12(22)8(16)6(14)10(18)19/h5-9,14-17H,2-4H2,1H3,(H,18,19)(H,20,21). The van der Waals surface area contributed by atoms with Crippen LogP contribution in [0.2, 0.25) is 0 Å². The second-order valence-corrected chi connectivity index (χ2v) is 4.88. The smallest absolute Gasteiger partial charge is 0.338 e. The van der Waals surface area contributed by atoms with E-state index in [1.807, 2.05) is 0 Å². The molecule has 6 N–H and O–H groups in total. The van der Waals surface area contributed by atoms with Crippen molar-refractivity contribution in [2.45, 2.75) is 50.3 Å². The first-order valence-corrected chi connectivity index (χ1v) is 7.07. The lowest BCUT2D eigenvalue weighted by Gasteiger charge is -2.20. The van der Waals surface area contributed by atoms with Gasteiger partial charge in [0.1, 0.15) is 6.10 Å². The molecular formula is C13H20O12. The minimum Gasteiger partial charge on any atom is -0.479 e. The predicted molar refractivity (Wildman–Crippen MR) is 75.0 cm³/mol. The van der Waals surface area contributed by atoms with Crippen molar-refractivity contribution >= 4 is 23.9 Å². The number of carboxylic acids is 2. The molecular weight excluding hydrogens is 348 g/mol. The number of rotatable bonds is 11. The van der Waals surface area contributed by atoms with Crippen molar-refractivity contribution in [3.05, 3.63) is 0 Å². The number of carbonyl (C=O) groups excluding carboxylic acids is 2. The Morgan fingerprint density at radius 1 is 0.800 bits per heavy atom. The molecule has 5 unspecified atom stereocenters. The van der Waals surface area contributed by atoms with E-state index in [-0.39, 0.29) is 12.8 Å². The minimum absolute atomic E-state index is 0.125. The van der Waals surface area contributed by atoms with Crippen LogP contribution < -0.4 is 0 Å². The molecule has 12 nitrogen and oxygen atoms in total. The minimum atomic E-state index is -2.37. The molecule has 0 saturated heterocycles. The number of carboxylic acid groups (broad SMARTS) is 2. The van der Waals surface area contributed by atoms with Crippen molar-refractivity contribution in [2.75, 3.05) is 6.61 Å². The summed E-state index contributed by atoms with van der Waals surface area (Å²) in [6, 6.07) is 0. The van der Waals surface area contributed by atoms with E-state index in [1.165, 1.54) is 0 Å². The Kier molecular flexibility index (Phi) is 9.59. The molecule has 0 aliphatic heterocycles. The van der Waals surface area contributed by atoms with Crippen LogP contribution in [0.4, 0.5) is 0 Å². The predicted octanol–water partition coefficient (Wildman–Crippen LogP) is -3.15. The van der Waals surface area contributed by atoms with Crippen molar-refractivity contribution < 1.29 is 59.3 Å². The summed E-state index contributed by atoms with van der Waals surface area (Å²) in [4.78, 5) is 43.7. The van der Waals surface area contributed by atoms with Gasteiger partial charge in [-0.15, -0.1) is 0 Å². The van der Waals surface area contributed by atoms with E-state index in [9.17, 15) is 29.4 Å². The van der Waals surface area contributed by atoms with Crippen molar-refractivity contribution in [2.24, 2.45) is 0 Å². The fourth-order valence-electron chi connectivity index (χ4n) is 1.48. The summed E-state index contributed by atoms with van der Waals surface area (Å²) in [7, 11) is 0. The second kappa shape index (κ2) is 10.6. The number of aliphatic carboxylic acids is 2. The molecule has 0 spiro atoms. The maximum absolute atomic E-state index is 11.5. The van der Waals surface area contributed by atoms with Crippen LogP contribution in [0.3, 0.4) is 0 Å². The van der Waals surface area contributed by atoms with E-state index in [0.29, 0.717) is 0 Å². The second-order valence-electron chi connectivity index (χ2n) is 4.88. The molecule has 0 aliphatic carbocycles. The Balaban J connectivity index is 4.43. The Bertz CT molecular complexity index is 489. The first-order chi connectivity index (χ1) is 11.5. The molecule has 0 bridgehead atoms. The summed E-state index contributed by atoms with van der Waals surface area (Å²) < 4.78 is 9.28. The summed E-state index contributed by atoms with van der Waals surface area (Å²) in [5, 5.41) is 53.4. The van der Waals surface area contributed by atoms with Gasteiger partial charge in [-0.05, 0) is 6.42 Å². The third kappa shape index (κ3) is 7.43. The van der Waals surface area contributed by atoms with E-state index in [0.717, 1.165) is 0 Å². The van der Waals surface area contributed by atoms with Gasteiger partial charge in [-0.2, -0.15) is 0 Å². The Hall–Kier alpha value is -2.28. The van der Waals surface area contributed by atoms with E-state index >= 15 is 0 Å². The molecule has 144 valence electrons. The largest absolute Gasteiger partial charge is 0.479 e. The number of aliphatic hydroxyl groups excluding tert-OH is 4. The van der Waals surface area contributed by atoms with Crippen LogP contribution in [0.1, 0.15) is 19.8 Å². The summed E-state index contributed by atoms with van der Waals surface area (Å²) in [5.74, 6) is -6.44. The van der Waals surface area contributed by atoms with Crippen LogP contribution in [0.25, 0.3) is 0 Å². The van der Waals surface area contributed by atoms with Crippen LogP contribution in [0.15, 0.2) is 0 Å². The quantitative estimate of drug-likeness (QED) is 0.200. The first-order valence-electron chi connectivity index (χ1n) is 7.07. The van der Waals surface area contributed by atoms with E-state index in [1.54, 1.807) is 6.92 Å². The van der Waals surface area contributed by atoms with Crippen molar-refractivity contribution in [3.63, 3.8) is 0 Å². The molecule has 0 heterocycles. The Morgan fingerprint density at radius 2 is 1.24 bits per heavy atom. The van der Waals surface area contributed by atoms with Crippen LogP contribution >= 0.6 is 0 Å². The summed E-state index contributed by atoms with van der Waals surface area (Å²) in [6.45, 7) is 1.13. The average molecular weight is 368 g/mol. The van der Waals surface area contributed by atoms with Gasteiger partial charge in [-0.1, -0.05) is 6.92 Å². The number of esters is 2. The monoisotopic (exact) mass is 368 g/mol. The van der Waals surface area contributed by atoms with Gasteiger partial charge in [0.25, 0.3) is 0 Å². The molecule has 12 heteroatoms. The highest BCUT2D eigenvalue weighted by molar-refractivity contribution is 5.84. The highest BCUT2D eigenvalue weighted by Crippen LogP contribution is 2.08. The topological polar surface area (TPSA) is 208 Å². The van der Waals surface area contributed by atoms with Crippen molar-refractivity contribution in [1.82, 2.24) is 0 Å². The summed E-state index contributed by atoms with van der Waals surface area (Å²) in [5.41, 5.74) is 0. The number of ether oxygens (including phenoxy) is 2. The average Bonchev–Trinajstić information content (AvgIpc) is 2.57. The van der Waals surface area contributed by atoms with Gasteiger partial charge >= 0.3 is 23.9 Å². The van der Waals surface area contributed by atoms with Gasteiger partial charge in [0.15, 0.2) is 24.4 Å². The molecule has 0 aromatic carbocycles. The molecule has 0 aromatic heterocycles. The highest BCUT2D eigenvalue weighted by Gasteiger charge is 2.33. The van der Waals surface area contributed by atoms with E-state index < -0.39 is 61.0 Å². The fraction of sp³-hybridized carbons (Fsp3) is 0.692. The molecule has 0 fully saturated rings. The van der Waals surface area contributed by atoms with Crippen molar-refractivity contribution in [1.29, 1.82) is 0 Å². The molecule has 5 atom stereocenters. The fourth-order valence-corrected chi connectivity index (χ4v) is 1.48. The van der Waals surface area contributed by atoms with Gasteiger partial charge in [0.2, 0.25) is 0 Å². The molecule has 0 aromatic rings. The lowest BCUT2D eigenvalue weighted by atomic mass is 10.2. The van der Waals surface area contributed by atoms with Crippen LogP contribution in [-0.4, -0.2) is 91.6 Å². The molecule has 0 amide bonds. The summed E-state index contributed by atoms with van der Waals surface area (Å²) >= 11 is 0. The molecule has 0 aliphatic rings. The van der Waals surface area contributed by atoms with Gasteiger partial charge in [0.05, 0.1) is 6.61 Å². The number of hydrogen-bond acceptors (Lipinski definition) is 10. The number of carbonyl (C=O) groups is 4. The zero-order chi connectivity index (χ0) is 19.7. The zero-order valence-corrected chi connectivity index (χ0v) is 13.1. The number of hydrogen-bond donors (Lipinski definition) is 6. The molecule has 25 heavy (non-hydrogen) atoms. The molecule has 0 rings (SSSR count). The van der Waals surface area contributed by atoms with Crippen LogP contribution in [0, 0.1) is 0 Å². The lowest BCUT2D eigenvalue weighted by Crippen LogP contribution is -2.42.